The van der Waals surface area contributed by atoms with E-state index in [1.807, 2.05) is 13.8 Å². The summed E-state index contributed by atoms with van der Waals surface area (Å²) in [4.78, 5) is 25.7. The van der Waals surface area contributed by atoms with Gasteiger partial charge in [-0.1, -0.05) is 43.1 Å². The molecule has 96 valence electrons. The number of fused-ring (bicyclic) bond motifs is 1. The lowest BCUT2D eigenvalue weighted by Gasteiger charge is -2.24. The number of alkyl halides is 1. The number of piperidine rings is 1. The number of hydrogen-bond acceptors (Lipinski definition) is 2. The summed E-state index contributed by atoms with van der Waals surface area (Å²) in [6, 6.07) is 0. The number of likely N-dealkylation sites (tertiary alicyclic amines) is 1. The van der Waals surface area contributed by atoms with Crippen LogP contribution in [0.15, 0.2) is 0 Å². The van der Waals surface area contributed by atoms with Gasteiger partial charge in [-0.15, -0.1) is 0 Å². The van der Waals surface area contributed by atoms with Crippen LogP contribution in [0.2, 0.25) is 0 Å². The van der Waals surface area contributed by atoms with Gasteiger partial charge in [-0.05, 0) is 17.8 Å². The average Bonchev–Trinajstić information content (AvgIpc) is 2.74. The Bertz CT molecular complexity index is 329. The minimum Gasteiger partial charge on any atom is -0.282 e. The fourth-order valence-electron chi connectivity index (χ4n) is 3.07. The van der Waals surface area contributed by atoms with E-state index in [-0.39, 0.29) is 29.1 Å². The Morgan fingerprint density at radius 1 is 1.29 bits per heavy atom. The molecule has 0 spiro atoms. The van der Waals surface area contributed by atoms with E-state index in [4.69, 9.17) is 0 Å². The van der Waals surface area contributed by atoms with Gasteiger partial charge >= 0.3 is 0 Å². The topological polar surface area (TPSA) is 37.4 Å². The highest BCUT2D eigenvalue weighted by atomic mass is 79.9. The Kier molecular flexibility index (Phi) is 3.36. The quantitative estimate of drug-likeness (QED) is 0.578. The maximum atomic E-state index is 12.1. The summed E-state index contributed by atoms with van der Waals surface area (Å²) in [6.45, 7) is 6.76. The number of imide groups is 1. The molecule has 2 fully saturated rings. The highest BCUT2D eigenvalue weighted by Crippen LogP contribution is 2.63. The first-order valence-corrected chi connectivity index (χ1v) is 7.48. The molecular weight excluding hydrogens is 282 g/mol. The van der Waals surface area contributed by atoms with Crippen molar-refractivity contribution in [1.82, 2.24) is 4.90 Å². The molecule has 17 heavy (non-hydrogen) atoms. The third-order valence-corrected chi connectivity index (χ3v) is 5.16. The molecule has 1 saturated heterocycles. The molecule has 1 heterocycles. The predicted molar refractivity (Wildman–Crippen MR) is 69.7 cm³/mol. The van der Waals surface area contributed by atoms with Crippen LogP contribution in [0.3, 0.4) is 0 Å². The maximum Gasteiger partial charge on any atom is 0.233 e. The normalized spacial score (nSPS) is 31.6. The van der Waals surface area contributed by atoms with Gasteiger partial charge in [-0.25, -0.2) is 0 Å². The van der Waals surface area contributed by atoms with Crippen molar-refractivity contribution < 1.29 is 9.59 Å². The number of halogens is 1. The fraction of sp³-hybridized carbons (Fsp3) is 0.846. The van der Waals surface area contributed by atoms with E-state index in [1.165, 1.54) is 4.90 Å². The minimum atomic E-state index is -0.0840. The van der Waals surface area contributed by atoms with Crippen LogP contribution in [0.1, 0.15) is 33.6 Å². The van der Waals surface area contributed by atoms with E-state index in [2.05, 4.69) is 22.9 Å². The smallest absolute Gasteiger partial charge is 0.233 e. The summed E-state index contributed by atoms with van der Waals surface area (Å²) in [5.41, 5.74) is -0.0840. The van der Waals surface area contributed by atoms with Gasteiger partial charge in [0.2, 0.25) is 11.8 Å². The molecule has 4 heteroatoms. The lowest BCUT2D eigenvalue weighted by atomic mass is 10.0. The Labute approximate surface area is 111 Å². The van der Waals surface area contributed by atoms with Crippen LogP contribution in [0.5, 0.6) is 0 Å². The zero-order chi connectivity index (χ0) is 12.8. The van der Waals surface area contributed by atoms with Gasteiger partial charge in [0.15, 0.2) is 0 Å². The SMILES string of the molecule is CCCC(CBr)CN1C(=O)C2C(C1=O)C2(C)C. The molecule has 3 atom stereocenters. The standard InChI is InChI=1S/C13H20BrNO2/c1-4-5-8(6-14)7-15-11(16)9-10(12(15)17)13(9,2)3/h8-10H,4-7H2,1-3H3. The molecule has 1 aliphatic heterocycles. The molecule has 0 N–H and O–H groups in total. The number of amides is 2. The van der Waals surface area contributed by atoms with Gasteiger partial charge in [0.1, 0.15) is 0 Å². The molecule has 0 radical (unpaired) electrons. The van der Waals surface area contributed by atoms with Crippen molar-refractivity contribution in [2.75, 3.05) is 11.9 Å². The van der Waals surface area contributed by atoms with Crippen molar-refractivity contribution in [2.45, 2.75) is 33.6 Å². The minimum absolute atomic E-state index is 0.0346. The summed E-state index contributed by atoms with van der Waals surface area (Å²) in [7, 11) is 0. The molecule has 1 saturated carbocycles. The summed E-state index contributed by atoms with van der Waals surface area (Å²) in [5, 5.41) is 0.858. The zero-order valence-corrected chi connectivity index (χ0v) is 12.3. The summed E-state index contributed by atoms with van der Waals surface area (Å²) in [6.07, 6.45) is 2.14. The van der Waals surface area contributed by atoms with Gasteiger partial charge in [0, 0.05) is 11.9 Å². The molecule has 0 aromatic rings. The van der Waals surface area contributed by atoms with E-state index in [0.717, 1.165) is 18.2 Å². The van der Waals surface area contributed by atoms with Crippen LogP contribution >= 0.6 is 15.9 Å². The molecule has 3 unspecified atom stereocenters. The highest BCUT2D eigenvalue weighted by molar-refractivity contribution is 9.09. The first-order valence-electron chi connectivity index (χ1n) is 6.36. The van der Waals surface area contributed by atoms with Crippen molar-refractivity contribution in [3.8, 4) is 0 Å². The Morgan fingerprint density at radius 2 is 1.82 bits per heavy atom. The van der Waals surface area contributed by atoms with Crippen LogP contribution in [0.4, 0.5) is 0 Å². The Balaban J connectivity index is 2.01. The third kappa shape index (κ3) is 1.94. The van der Waals surface area contributed by atoms with Gasteiger partial charge in [0.25, 0.3) is 0 Å². The monoisotopic (exact) mass is 301 g/mol. The predicted octanol–water partition coefficient (Wildman–Crippen LogP) is 2.44. The molecule has 3 nitrogen and oxygen atoms in total. The largest absolute Gasteiger partial charge is 0.282 e. The number of carbonyl (C=O) groups is 2. The lowest BCUT2D eigenvalue weighted by Crippen LogP contribution is -2.40. The first kappa shape index (κ1) is 13.1. The fourth-order valence-corrected chi connectivity index (χ4v) is 3.60. The second-order valence-electron chi connectivity index (χ2n) is 5.87. The van der Waals surface area contributed by atoms with E-state index in [1.54, 1.807) is 0 Å². The highest BCUT2D eigenvalue weighted by Gasteiger charge is 2.72. The Hall–Kier alpha value is -0.380. The second kappa shape index (κ2) is 4.38. The van der Waals surface area contributed by atoms with Crippen LogP contribution in [-0.4, -0.2) is 28.6 Å². The van der Waals surface area contributed by atoms with Crippen LogP contribution in [0, 0.1) is 23.2 Å². The van der Waals surface area contributed by atoms with Crippen molar-refractivity contribution >= 4 is 27.7 Å². The van der Waals surface area contributed by atoms with E-state index in [0.29, 0.717) is 12.5 Å². The molecule has 0 aromatic carbocycles. The van der Waals surface area contributed by atoms with Crippen molar-refractivity contribution in [2.24, 2.45) is 23.2 Å². The van der Waals surface area contributed by atoms with Gasteiger partial charge in [0.05, 0.1) is 11.8 Å². The Morgan fingerprint density at radius 3 is 2.24 bits per heavy atom. The average molecular weight is 302 g/mol. The molecule has 2 rings (SSSR count). The van der Waals surface area contributed by atoms with Crippen molar-refractivity contribution in [3.05, 3.63) is 0 Å². The van der Waals surface area contributed by atoms with E-state index < -0.39 is 0 Å². The molecule has 1 aliphatic carbocycles. The number of nitrogens with zero attached hydrogens (tertiary/aromatic N) is 1. The second-order valence-corrected chi connectivity index (χ2v) is 6.52. The molecule has 2 amide bonds. The summed E-state index contributed by atoms with van der Waals surface area (Å²) in [5.74, 6) is 0.452. The molecular formula is C13H20BrNO2. The summed E-state index contributed by atoms with van der Waals surface area (Å²) < 4.78 is 0. The van der Waals surface area contributed by atoms with E-state index >= 15 is 0 Å². The molecule has 2 aliphatic rings. The number of hydrogen-bond donors (Lipinski definition) is 0. The molecule has 0 aromatic heterocycles. The lowest BCUT2D eigenvalue weighted by molar-refractivity contribution is -0.143. The maximum absolute atomic E-state index is 12.1. The van der Waals surface area contributed by atoms with Gasteiger partial charge in [-0.2, -0.15) is 0 Å². The first-order chi connectivity index (χ1) is 7.95. The van der Waals surface area contributed by atoms with Gasteiger partial charge in [-0.3, -0.25) is 14.5 Å². The van der Waals surface area contributed by atoms with Crippen LogP contribution in [0.25, 0.3) is 0 Å². The molecule has 0 bridgehead atoms. The van der Waals surface area contributed by atoms with Crippen molar-refractivity contribution in [3.63, 3.8) is 0 Å². The van der Waals surface area contributed by atoms with Crippen molar-refractivity contribution in [1.29, 1.82) is 0 Å². The van der Waals surface area contributed by atoms with Gasteiger partial charge < -0.3 is 0 Å². The number of carbonyl (C=O) groups excluding carboxylic acids is 2. The third-order valence-electron chi connectivity index (χ3n) is 4.25. The number of rotatable bonds is 5. The van der Waals surface area contributed by atoms with Crippen LogP contribution in [-0.2, 0) is 9.59 Å². The van der Waals surface area contributed by atoms with E-state index in [9.17, 15) is 9.59 Å². The summed E-state index contributed by atoms with van der Waals surface area (Å²) >= 11 is 3.46. The zero-order valence-electron chi connectivity index (χ0n) is 10.7. The van der Waals surface area contributed by atoms with Crippen LogP contribution < -0.4 is 0 Å².